The molecule has 1 saturated heterocycles. The number of nitrogens with one attached hydrogen (secondary N) is 2. The fraction of sp³-hybridized carbons (Fsp3) is 0.833. The summed E-state index contributed by atoms with van der Waals surface area (Å²) in [5.41, 5.74) is 10.8. The van der Waals surface area contributed by atoms with Crippen molar-refractivity contribution in [1.82, 2.24) is 10.6 Å². The van der Waals surface area contributed by atoms with Gasteiger partial charge in [0, 0.05) is 0 Å². The second-order valence-corrected chi connectivity index (χ2v) is 4.69. The zero-order valence-electron chi connectivity index (χ0n) is 11.2. The molecule has 0 spiro atoms. The number of piperazine rings is 1. The van der Waals surface area contributed by atoms with Crippen molar-refractivity contribution >= 4 is 24.2 Å². The normalized spacial score (nSPS) is 22.4. The maximum Gasteiger partial charge on any atom is 0.243 e. The zero-order valence-corrected chi connectivity index (χ0v) is 12.0. The van der Waals surface area contributed by atoms with Gasteiger partial charge in [-0.1, -0.05) is 0 Å². The molecule has 0 aromatic rings. The first-order valence-corrected chi connectivity index (χ1v) is 6.70. The smallest absolute Gasteiger partial charge is 0.243 e. The minimum absolute atomic E-state index is 0. The molecule has 7 heteroatoms. The number of halogens is 1. The summed E-state index contributed by atoms with van der Waals surface area (Å²) in [6, 6.07) is -0.787. The van der Waals surface area contributed by atoms with Gasteiger partial charge in [0.05, 0.1) is 0 Å². The molecule has 0 aromatic heterocycles. The summed E-state index contributed by atoms with van der Waals surface area (Å²) >= 11 is 0. The van der Waals surface area contributed by atoms with Crippen LogP contribution in [0.2, 0.25) is 0 Å². The molecule has 0 aliphatic carbocycles. The number of amides is 2. The van der Waals surface area contributed by atoms with Gasteiger partial charge in [0.2, 0.25) is 11.8 Å². The summed E-state index contributed by atoms with van der Waals surface area (Å²) < 4.78 is 0. The molecule has 1 fully saturated rings. The van der Waals surface area contributed by atoms with E-state index in [1.54, 1.807) is 0 Å². The Balaban J connectivity index is 0.00000324. The highest BCUT2D eigenvalue weighted by molar-refractivity contribution is 5.96. The van der Waals surface area contributed by atoms with Crippen molar-refractivity contribution in [3.8, 4) is 0 Å². The van der Waals surface area contributed by atoms with Gasteiger partial charge in [-0.3, -0.25) is 9.59 Å². The van der Waals surface area contributed by atoms with Gasteiger partial charge in [-0.15, -0.1) is 12.4 Å². The maximum atomic E-state index is 11.8. The molecule has 19 heavy (non-hydrogen) atoms. The lowest BCUT2D eigenvalue weighted by Gasteiger charge is -2.29. The van der Waals surface area contributed by atoms with Gasteiger partial charge in [0.1, 0.15) is 12.1 Å². The molecule has 1 aliphatic heterocycles. The summed E-state index contributed by atoms with van der Waals surface area (Å²) in [7, 11) is 0. The van der Waals surface area contributed by atoms with Crippen LogP contribution in [0.25, 0.3) is 0 Å². The van der Waals surface area contributed by atoms with Crippen molar-refractivity contribution in [2.45, 2.75) is 50.6 Å². The summed E-state index contributed by atoms with van der Waals surface area (Å²) in [5.74, 6) is -0.159. The van der Waals surface area contributed by atoms with Crippen molar-refractivity contribution in [1.29, 1.82) is 0 Å². The van der Waals surface area contributed by atoms with Gasteiger partial charge in [-0.2, -0.15) is 0 Å². The van der Waals surface area contributed by atoms with Crippen molar-refractivity contribution in [3.05, 3.63) is 0 Å². The van der Waals surface area contributed by atoms with Crippen LogP contribution in [0.15, 0.2) is 0 Å². The summed E-state index contributed by atoms with van der Waals surface area (Å²) in [6.07, 6.45) is 4.77. The fourth-order valence-electron chi connectivity index (χ4n) is 2.07. The minimum atomic E-state index is -0.394. The first-order valence-electron chi connectivity index (χ1n) is 6.70. The van der Waals surface area contributed by atoms with E-state index in [4.69, 9.17) is 11.5 Å². The van der Waals surface area contributed by atoms with Crippen LogP contribution >= 0.6 is 12.4 Å². The number of unbranched alkanes of at least 4 members (excludes halogenated alkanes) is 2. The first kappa shape index (κ1) is 18.1. The quantitative estimate of drug-likeness (QED) is 0.458. The number of hydrogen-bond donors (Lipinski definition) is 4. The average molecular weight is 293 g/mol. The average Bonchev–Trinajstić information content (AvgIpc) is 2.35. The molecule has 0 saturated carbocycles. The minimum Gasteiger partial charge on any atom is -0.343 e. The second-order valence-electron chi connectivity index (χ2n) is 4.69. The monoisotopic (exact) mass is 292 g/mol. The number of carbonyl (C=O) groups excluding carboxylic acids is 2. The van der Waals surface area contributed by atoms with E-state index in [1.807, 2.05) is 0 Å². The molecular formula is C12H25ClN4O2. The van der Waals surface area contributed by atoms with Gasteiger partial charge in [0.15, 0.2) is 0 Å². The van der Waals surface area contributed by atoms with Crippen LogP contribution in [0, 0.1) is 0 Å². The van der Waals surface area contributed by atoms with Gasteiger partial charge >= 0.3 is 0 Å². The molecule has 6 N–H and O–H groups in total. The predicted molar refractivity (Wildman–Crippen MR) is 76.9 cm³/mol. The van der Waals surface area contributed by atoms with E-state index in [0.29, 0.717) is 25.9 Å². The Morgan fingerprint density at radius 1 is 0.789 bits per heavy atom. The Bertz CT molecular complexity index is 261. The SMILES string of the molecule is Cl.NCCCCC1NC(=O)C(CCCCN)NC1=O. The Morgan fingerprint density at radius 2 is 1.16 bits per heavy atom. The van der Waals surface area contributed by atoms with Crippen LogP contribution in [0.1, 0.15) is 38.5 Å². The van der Waals surface area contributed by atoms with E-state index in [1.165, 1.54) is 0 Å². The number of hydrogen-bond acceptors (Lipinski definition) is 4. The van der Waals surface area contributed by atoms with E-state index in [2.05, 4.69) is 10.6 Å². The lowest BCUT2D eigenvalue weighted by molar-refractivity contribution is -0.137. The van der Waals surface area contributed by atoms with Crippen LogP contribution in [0.3, 0.4) is 0 Å². The third-order valence-corrected chi connectivity index (χ3v) is 3.16. The van der Waals surface area contributed by atoms with Crippen molar-refractivity contribution < 1.29 is 9.59 Å². The molecule has 0 bridgehead atoms. The zero-order chi connectivity index (χ0) is 13.4. The van der Waals surface area contributed by atoms with Crippen molar-refractivity contribution in [2.24, 2.45) is 11.5 Å². The van der Waals surface area contributed by atoms with Gasteiger partial charge < -0.3 is 22.1 Å². The Hall–Kier alpha value is -0.850. The number of nitrogens with two attached hydrogens (primary N) is 2. The van der Waals surface area contributed by atoms with Gasteiger partial charge in [-0.25, -0.2) is 0 Å². The molecule has 6 nitrogen and oxygen atoms in total. The molecule has 2 unspecified atom stereocenters. The van der Waals surface area contributed by atoms with E-state index in [9.17, 15) is 9.59 Å². The lowest BCUT2D eigenvalue weighted by Crippen LogP contribution is -2.61. The molecule has 0 aromatic carbocycles. The highest BCUT2D eigenvalue weighted by atomic mass is 35.5. The highest BCUT2D eigenvalue weighted by Gasteiger charge is 2.32. The van der Waals surface area contributed by atoms with Gasteiger partial charge in [0.25, 0.3) is 0 Å². The number of rotatable bonds is 8. The third-order valence-electron chi connectivity index (χ3n) is 3.16. The lowest BCUT2D eigenvalue weighted by atomic mass is 10.0. The topological polar surface area (TPSA) is 110 Å². The Labute approximate surface area is 120 Å². The largest absolute Gasteiger partial charge is 0.343 e. The van der Waals surface area contributed by atoms with E-state index < -0.39 is 12.1 Å². The molecule has 1 rings (SSSR count). The van der Waals surface area contributed by atoms with Crippen LogP contribution in [0.5, 0.6) is 0 Å². The molecule has 2 atom stereocenters. The van der Waals surface area contributed by atoms with Crippen LogP contribution in [-0.2, 0) is 9.59 Å². The summed E-state index contributed by atoms with van der Waals surface area (Å²) in [5, 5.41) is 5.56. The van der Waals surface area contributed by atoms with E-state index in [0.717, 1.165) is 25.7 Å². The Kier molecular flexibility index (Phi) is 9.55. The summed E-state index contributed by atoms with van der Waals surface area (Å²) in [4.78, 5) is 23.6. The third kappa shape index (κ3) is 6.22. The summed E-state index contributed by atoms with van der Waals surface area (Å²) in [6.45, 7) is 1.23. The highest BCUT2D eigenvalue weighted by Crippen LogP contribution is 2.09. The molecule has 1 aliphatic rings. The predicted octanol–water partition coefficient (Wildman–Crippen LogP) is -0.351. The fourth-order valence-corrected chi connectivity index (χ4v) is 2.07. The van der Waals surface area contributed by atoms with Crippen molar-refractivity contribution in [3.63, 3.8) is 0 Å². The molecule has 2 amide bonds. The first-order chi connectivity index (χ1) is 8.69. The van der Waals surface area contributed by atoms with Crippen molar-refractivity contribution in [2.75, 3.05) is 13.1 Å². The molecule has 1 heterocycles. The van der Waals surface area contributed by atoms with Crippen LogP contribution < -0.4 is 22.1 Å². The van der Waals surface area contributed by atoms with E-state index >= 15 is 0 Å². The standard InChI is InChI=1S/C12H24N4O2.ClH/c13-7-3-1-5-9-11(17)16-10(12(18)15-9)6-2-4-8-14;/h9-10H,1-8,13-14H2,(H,15,18)(H,16,17);1H. The van der Waals surface area contributed by atoms with Crippen LogP contribution in [0.4, 0.5) is 0 Å². The van der Waals surface area contributed by atoms with E-state index in [-0.39, 0.29) is 24.2 Å². The second kappa shape index (κ2) is 10.00. The Morgan fingerprint density at radius 3 is 1.47 bits per heavy atom. The van der Waals surface area contributed by atoms with Crippen LogP contribution in [-0.4, -0.2) is 37.0 Å². The molecule has 0 radical (unpaired) electrons. The molecular weight excluding hydrogens is 268 g/mol. The number of carbonyl (C=O) groups is 2. The molecule has 112 valence electrons. The maximum absolute atomic E-state index is 11.8. The van der Waals surface area contributed by atoms with Gasteiger partial charge in [-0.05, 0) is 51.6 Å².